The summed E-state index contributed by atoms with van der Waals surface area (Å²) in [5, 5.41) is 2.88. The second-order valence-electron chi connectivity index (χ2n) is 7.19. The minimum atomic E-state index is -3.41. The fraction of sp³-hybridized carbons (Fsp3) is 0.182. The lowest BCUT2D eigenvalue weighted by atomic mass is 10.1. The number of amidine groups is 1. The van der Waals surface area contributed by atoms with Crippen LogP contribution >= 0.6 is 0 Å². The third kappa shape index (κ3) is 4.60. The van der Waals surface area contributed by atoms with Gasteiger partial charge in [-0.2, -0.15) is 0 Å². The molecule has 0 atom stereocenters. The van der Waals surface area contributed by atoms with Crippen molar-refractivity contribution in [3.05, 3.63) is 84.1 Å². The summed E-state index contributed by atoms with van der Waals surface area (Å²) in [6, 6.07) is 17.9. The van der Waals surface area contributed by atoms with E-state index >= 15 is 0 Å². The summed E-state index contributed by atoms with van der Waals surface area (Å²) in [6.45, 7) is 1.07. The van der Waals surface area contributed by atoms with Gasteiger partial charge in [0.2, 0.25) is 0 Å². The first-order valence-corrected chi connectivity index (χ1v) is 11.2. The summed E-state index contributed by atoms with van der Waals surface area (Å²) < 4.78 is 26.9. The SMILES string of the molecule is CN(Cc1ccccc1)c1ccc(NC(=O)C2=CN3CCS(=O)(=O)N=C3C=C2)cc1. The van der Waals surface area contributed by atoms with Crippen LogP contribution in [0.5, 0.6) is 0 Å². The molecule has 2 aromatic carbocycles. The fourth-order valence-electron chi connectivity index (χ4n) is 3.29. The summed E-state index contributed by atoms with van der Waals surface area (Å²) in [7, 11) is -1.39. The van der Waals surface area contributed by atoms with Crippen molar-refractivity contribution in [1.82, 2.24) is 4.90 Å². The van der Waals surface area contributed by atoms with E-state index in [0.717, 1.165) is 12.2 Å². The Morgan fingerprint density at radius 1 is 1.10 bits per heavy atom. The van der Waals surface area contributed by atoms with Crippen LogP contribution in [-0.2, 0) is 21.4 Å². The molecule has 0 fully saturated rings. The third-order valence-corrected chi connectivity index (χ3v) is 6.08. The standard InChI is InChI=1S/C22H22N4O3S/c1-25(15-17-5-3-2-4-6-17)20-10-8-19(9-11-20)23-22(27)18-7-12-21-24-30(28,29)14-13-26(21)16-18/h2-12,16H,13-15H2,1H3,(H,23,27). The van der Waals surface area contributed by atoms with Gasteiger partial charge in [-0.05, 0) is 42.0 Å². The van der Waals surface area contributed by atoms with Crippen LogP contribution in [0.2, 0.25) is 0 Å². The zero-order valence-electron chi connectivity index (χ0n) is 16.5. The lowest BCUT2D eigenvalue weighted by molar-refractivity contribution is -0.112. The molecule has 0 aliphatic carbocycles. The Kier molecular flexibility index (Phi) is 5.41. The topological polar surface area (TPSA) is 82.1 Å². The molecule has 2 aliphatic rings. The van der Waals surface area contributed by atoms with Crippen molar-refractivity contribution >= 4 is 33.1 Å². The van der Waals surface area contributed by atoms with Gasteiger partial charge in [0.05, 0.1) is 11.3 Å². The molecule has 2 aliphatic heterocycles. The average molecular weight is 423 g/mol. The van der Waals surface area contributed by atoms with Crippen LogP contribution in [0.25, 0.3) is 0 Å². The quantitative estimate of drug-likeness (QED) is 0.801. The molecule has 0 saturated carbocycles. The maximum absolute atomic E-state index is 12.6. The summed E-state index contributed by atoms with van der Waals surface area (Å²) in [5.74, 6) is 0.0148. The van der Waals surface area contributed by atoms with Crippen LogP contribution in [0, 0.1) is 0 Å². The van der Waals surface area contributed by atoms with Gasteiger partial charge in [-0.15, -0.1) is 4.40 Å². The number of anilines is 2. The number of sulfonamides is 1. The van der Waals surface area contributed by atoms with E-state index in [4.69, 9.17) is 0 Å². The Morgan fingerprint density at radius 3 is 2.57 bits per heavy atom. The largest absolute Gasteiger partial charge is 0.370 e. The van der Waals surface area contributed by atoms with Crippen LogP contribution in [0.15, 0.2) is 82.9 Å². The summed E-state index contributed by atoms with van der Waals surface area (Å²) in [6.07, 6.45) is 4.76. The molecule has 0 bridgehead atoms. The van der Waals surface area contributed by atoms with E-state index in [1.165, 1.54) is 5.56 Å². The molecule has 1 N–H and O–H groups in total. The summed E-state index contributed by atoms with van der Waals surface area (Å²) in [4.78, 5) is 16.4. The Hall–Kier alpha value is -3.39. The number of hydrogen-bond acceptors (Lipinski definition) is 5. The molecule has 7 nitrogen and oxygen atoms in total. The van der Waals surface area contributed by atoms with E-state index in [1.807, 2.05) is 49.5 Å². The number of nitrogens with one attached hydrogen (secondary N) is 1. The minimum absolute atomic E-state index is 0.0618. The molecule has 8 heteroatoms. The van der Waals surface area contributed by atoms with Crippen molar-refractivity contribution in [1.29, 1.82) is 0 Å². The number of benzene rings is 2. The van der Waals surface area contributed by atoms with Crippen LogP contribution in [0.1, 0.15) is 5.56 Å². The van der Waals surface area contributed by atoms with Crippen LogP contribution in [-0.4, -0.2) is 44.4 Å². The Bertz CT molecular complexity index is 1140. The number of fused-ring (bicyclic) bond motifs is 1. The van der Waals surface area contributed by atoms with Gasteiger partial charge in [0.15, 0.2) is 0 Å². The fourth-order valence-corrected chi connectivity index (χ4v) is 4.26. The number of rotatable bonds is 5. The highest BCUT2D eigenvalue weighted by atomic mass is 32.2. The first-order chi connectivity index (χ1) is 14.4. The number of nitrogens with zero attached hydrogens (tertiary/aromatic N) is 3. The highest BCUT2D eigenvalue weighted by Crippen LogP contribution is 2.21. The van der Waals surface area contributed by atoms with Gasteiger partial charge in [-0.1, -0.05) is 30.3 Å². The first kappa shape index (κ1) is 19.9. The highest BCUT2D eigenvalue weighted by molar-refractivity contribution is 7.90. The molecular weight excluding hydrogens is 400 g/mol. The molecule has 0 unspecified atom stereocenters. The van der Waals surface area contributed by atoms with Gasteiger partial charge in [0, 0.05) is 37.7 Å². The first-order valence-electron chi connectivity index (χ1n) is 9.55. The van der Waals surface area contributed by atoms with Crippen LogP contribution in [0.4, 0.5) is 11.4 Å². The van der Waals surface area contributed by atoms with E-state index < -0.39 is 10.0 Å². The predicted molar refractivity (Wildman–Crippen MR) is 119 cm³/mol. The Morgan fingerprint density at radius 2 is 1.83 bits per heavy atom. The van der Waals surface area contributed by atoms with Crippen LogP contribution < -0.4 is 10.2 Å². The molecule has 0 aromatic heterocycles. The average Bonchev–Trinajstić information content (AvgIpc) is 2.74. The minimum Gasteiger partial charge on any atom is -0.370 e. The monoisotopic (exact) mass is 422 g/mol. The molecule has 30 heavy (non-hydrogen) atoms. The normalized spacial score (nSPS) is 16.9. The molecular formula is C22H22N4O3S. The summed E-state index contributed by atoms with van der Waals surface area (Å²) in [5.41, 5.74) is 3.40. The van der Waals surface area contributed by atoms with Gasteiger partial charge in [-0.25, -0.2) is 8.42 Å². The zero-order chi connectivity index (χ0) is 21.1. The molecule has 4 rings (SSSR count). The van der Waals surface area contributed by atoms with E-state index in [1.54, 1.807) is 23.3 Å². The number of hydrogen-bond donors (Lipinski definition) is 1. The van der Waals surface area contributed by atoms with E-state index in [0.29, 0.717) is 17.1 Å². The predicted octanol–water partition coefficient (Wildman–Crippen LogP) is 2.76. The van der Waals surface area contributed by atoms with Gasteiger partial charge in [0.1, 0.15) is 5.84 Å². The van der Waals surface area contributed by atoms with Crippen molar-refractivity contribution in [2.45, 2.75) is 6.54 Å². The van der Waals surface area contributed by atoms with Gasteiger partial charge in [-0.3, -0.25) is 4.79 Å². The highest BCUT2D eigenvalue weighted by Gasteiger charge is 2.25. The Balaban J connectivity index is 1.40. The van der Waals surface area contributed by atoms with E-state index in [2.05, 4.69) is 26.7 Å². The van der Waals surface area contributed by atoms with Crippen molar-refractivity contribution in [3.63, 3.8) is 0 Å². The molecule has 2 heterocycles. The molecule has 2 aromatic rings. The maximum atomic E-state index is 12.6. The van der Waals surface area contributed by atoms with Gasteiger partial charge >= 0.3 is 0 Å². The van der Waals surface area contributed by atoms with E-state index in [-0.39, 0.29) is 18.2 Å². The smallest absolute Gasteiger partial charge is 0.257 e. The van der Waals surface area contributed by atoms with E-state index in [9.17, 15) is 13.2 Å². The van der Waals surface area contributed by atoms with Crippen molar-refractivity contribution in [2.24, 2.45) is 4.40 Å². The molecule has 0 saturated heterocycles. The third-order valence-electron chi connectivity index (χ3n) is 4.91. The zero-order valence-corrected chi connectivity index (χ0v) is 17.3. The van der Waals surface area contributed by atoms with Gasteiger partial charge in [0.25, 0.3) is 15.9 Å². The number of carbonyl (C=O) groups excluding carboxylic acids is 1. The lowest BCUT2D eigenvalue weighted by Crippen LogP contribution is -2.37. The molecule has 154 valence electrons. The van der Waals surface area contributed by atoms with Crippen molar-refractivity contribution < 1.29 is 13.2 Å². The Labute approximate surface area is 176 Å². The lowest BCUT2D eigenvalue weighted by Gasteiger charge is -2.27. The van der Waals surface area contributed by atoms with Gasteiger partial charge < -0.3 is 15.1 Å². The summed E-state index contributed by atoms with van der Waals surface area (Å²) >= 11 is 0. The second kappa shape index (κ2) is 8.16. The number of carbonyl (C=O) groups is 1. The van der Waals surface area contributed by atoms with Crippen molar-refractivity contribution in [2.75, 3.05) is 29.6 Å². The molecule has 1 amide bonds. The molecule has 0 radical (unpaired) electrons. The van der Waals surface area contributed by atoms with Crippen LogP contribution in [0.3, 0.4) is 0 Å². The maximum Gasteiger partial charge on any atom is 0.257 e. The van der Waals surface area contributed by atoms with Crippen molar-refractivity contribution in [3.8, 4) is 0 Å². The number of amides is 1. The second-order valence-corrected chi connectivity index (χ2v) is 8.94. The molecule has 0 spiro atoms.